The number of aromatic nitrogens is 5. The predicted octanol–water partition coefficient (Wildman–Crippen LogP) is 1.73. The predicted molar refractivity (Wildman–Crippen MR) is 104 cm³/mol. The first-order valence-corrected chi connectivity index (χ1v) is 9.43. The van der Waals surface area contributed by atoms with E-state index in [4.69, 9.17) is 16.7 Å². The number of aryl methyl sites for hydroxylation is 1. The van der Waals surface area contributed by atoms with Gasteiger partial charge in [0.15, 0.2) is 10.6 Å². The number of hydrogen-bond donors (Lipinski definition) is 0. The minimum absolute atomic E-state index is 0.117. The summed E-state index contributed by atoms with van der Waals surface area (Å²) < 4.78 is 9.43. The molecule has 0 aliphatic carbocycles. The monoisotopic (exact) mass is 399 g/mol. The van der Waals surface area contributed by atoms with Crippen molar-refractivity contribution >= 4 is 18.1 Å². The summed E-state index contributed by atoms with van der Waals surface area (Å²) in [6.07, 6.45) is 3.51. The lowest BCUT2D eigenvalue weighted by Gasteiger charge is -2.33. The number of carbonyl (C=O) groups is 1. The Bertz CT molecular complexity index is 1030. The van der Waals surface area contributed by atoms with Crippen molar-refractivity contribution in [2.24, 2.45) is 7.05 Å². The molecule has 4 heterocycles. The molecule has 0 spiro atoms. The minimum atomic E-state index is -0.117. The Morgan fingerprint density at radius 2 is 2.07 bits per heavy atom. The van der Waals surface area contributed by atoms with Crippen LogP contribution in [0, 0.1) is 11.7 Å². The van der Waals surface area contributed by atoms with Crippen molar-refractivity contribution in [3.63, 3.8) is 0 Å². The van der Waals surface area contributed by atoms with Gasteiger partial charge in [-0.1, -0.05) is 5.16 Å². The number of rotatable bonds is 4. The second-order valence-electron chi connectivity index (χ2n) is 6.79. The number of hydrogen-bond acceptors (Lipinski definition) is 7. The van der Waals surface area contributed by atoms with Crippen molar-refractivity contribution in [3.8, 4) is 11.4 Å². The molecule has 0 atom stereocenters. The topological polar surface area (TPSA) is 85.2 Å². The zero-order valence-corrected chi connectivity index (χ0v) is 16.6. The maximum Gasteiger partial charge on any atom is 0.292 e. The van der Waals surface area contributed by atoms with Crippen molar-refractivity contribution in [3.05, 3.63) is 46.8 Å². The summed E-state index contributed by atoms with van der Waals surface area (Å²) in [7, 11) is 1.91. The van der Waals surface area contributed by atoms with Crippen LogP contribution in [-0.2, 0) is 13.7 Å². The van der Waals surface area contributed by atoms with Crippen LogP contribution in [-0.4, -0.2) is 66.4 Å². The highest BCUT2D eigenvalue weighted by atomic mass is 32.1. The van der Waals surface area contributed by atoms with Crippen molar-refractivity contribution in [1.29, 1.82) is 0 Å². The van der Waals surface area contributed by atoms with E-state index >= 15 is 0 Å². The highest BCUT2D eigenvalue weighted by Gasteiger charge is 2.25. The zero-order valence-electron chi connectivity index (χ0n) is 15.8. The van der Waals surface area contributed by atoms with Crippen LogP contribution in [0.3, 0.4) is 0 Å². The maximum atomic E-state index is 12.5. The third kappa shape index (κ3) is 3.60. The van der Waals surface area contributed by atoms with E-state index < -0.39 is 0 Å². The first-order valence-electron chi connectivity index (χ1n) is 9.02. The Hall–Kier alpha value is -2.85. The standard InChI is InChI=1S/C18H21N7O2S/c1-13-10-15(27-21-13)17(26)24-8-6-23(7-9-24)12-25-18(28)22(2)16(20-25)14-4-3-5-19-11-14/h3-5,10-11H,6-9,12H2,1-2H3. The summed E-state index contributed by atoms with van der Waals surface area (Å²) in [5.74, 6) is 0.958. The first-order chi connectivity index (χ1) is 13.5. The van der Waals surface area contributed by atoms with Gasteiger partial charge in [0.1, 0.15) is 0 Å². The fraction of sp³-hybridized carbons (Fsp3) is 0.389. The Morgan fingerprint density at radius 3 is 2.71 bits per heavy atom. The molecular weight excluding hydrogens is 378 g/mol. The lowest BCUT2D eigenvalue weighted by Crippen LogP contribution is -2.49. The lowest BCUT2D eigenvalue weighted by molar-refractivity contribution is 0.0547. The molecule has 10 heteroatoms. The Kier molecular flexibility index (Phi) is 5.05. The van der Waals surface area contributed by atoms with Crippen LogP contribution in [0.5, 0.6) is 0 Å². The van der Waals surface area contributed by atoms with Gasteiger partial charge in [0.25, 0.3) is 5.91 Å². The molecule has 1 saturated heterocycles. The summed E-state index contributed by atoms with van der Waals surface area (Å²) in [4.78, 5) is 20.6. The van der Waals surface area contributed by atoms with Crippen LogP contribution < -0.4 is 0 Å². The second-order valence-corrected chi connectivity index (χ2v) is 7.16. The van der Waals surface area contributed by atoms with Gasteiger partial charge in [-0.05, 0) is 31.3 Å². The quantitative estimate of drug-likeness (QED) is 0.618. The molecule has 1 aliphatic heterocycles. The van der Waals surface area contributed by atoms with E-state index in [2.05, 4.69) is 20.1 Å². The summed E-state index contributed by atoms with van der Waals surface area (Å²) >= 11 is 5.55. The maximum absolute atomic E-state index is 12.5. The molecule has 3 aromatic rings. The molecule has 28 heavy (non-hydrogen) atoms. The highest BCUT2D eigenvalue weighted by Crippen LogP contribution is 2.16. The van der Waals surface area contributed by atoms with E-state index in [1.165, 1.54) is 0 Å². The number of pyridine rings is 1. The van der Waals surface area contributed by atoms with Crippen molar-refractivity contribution in [2.75, 3.05) is 26.2 Å². The zero-order chi connectivity index (χ0) is 19.7. The van der Waals surface area contributed by atoms with Gasteiger partial charge in [0.05, 0.1) is 12.4 Å². The molecule has 146 valence electrons. The summed E-state index contributed by atoms with van der Waals surface area (Å²) in [6.45, 7) is 5.09. The molecule has 1 fully saturated rings. The van der Waals surface area contributed by atoms with Gasteiger partial charge in [0.2, 0.25) is 5.76 Å². The fourth-order valence-corrected chi connectivity index (χ4v) is 3.41. The Labute approximate surface area is 167 Å². The average Bonchev–Trinajstić information content (AvgIpc) is 3.27. The molecule has 0 bridgehead atoms. The SMILES string of the molecule is Cc1cc(C(=O)N2CCN(Cn3nc(-c4cccnc4)n(C)c3=S)CC2)on1. The molecule has 0 unspecified atom stereocenters. The van der Waals surface area contributed by atoms with Gasteiger partial charge in [-0.15, -0.1) is 0 Å². The Morgan fingerprint density at radius 1 is 1.29 bits per heavy atom. The van der Waals surface area contributed by atoms with Gasteiger partial charge >= 0.3 is 0 Å². The van der Waals surface area contributed by atoms with Crippen LogP contribution >= 0.6 is 12.2 Å². The van der Waals surface area contributed by atoms with Crippen LogP contribution in [0.2, 0.25) is 0 Å². The third-order valence-electron chi connectivity index (χ3n) is 4.79. The number of carbonyl (C=O) groups excluding carboxylic acids is 1. The highest BCUT2D eigenvalue weighted by molar-refractivity contribution is 7.71. The van der Waals surface area contributed by atoms with E-state index in [1.54, 1.807) is 30.3 Å². The van der Waals surface area contributed by atoms with Gasteiger partial charge in [-0.3, -0.25) is 14.7 Å². The van der Waals surface area contributed by atoms with Gasteiger partial charge in [0, 0.05) is 57.3 Å². The number of piperazine rings is 1. The Balaban J connectivity index is 1.41. The minimum Gasteiger partial charge on any atom is -0.351 e. The molecule has 0 radical (unpaired) electrons. The normalized spacial score (nSPS) is 15.1. The van der Waals surface area contributed by atoms with E-state index in [0.29, 0.717) is 36.0 Å². The van der Waals surface area contributed by atoms with Crippen LogP contribution in [0.1, 0.15) is 16.2 Å². The largest absolute Gasteiger partial charge is 0.351 e. The molecule has 9 nitrogen and oxygen atoms in total. The van der Waals surface area contributed by atoms with Gasteiger partial charge < -0.3 is 14.0 Å². The van der Waals surface area contributed by atoms with Gasteiger partial charge in [-0.25, -0.2) is 4.68 Å². The summed E-state index contributed by atoms with van der Waals surface area (Å²) in [5.41, 5.74) is 1.63. The van der Waals surface area contributed by atoms with E-state index in [-0.39, 0.29) is 5.91 Å². The second kappa shape index (κ2) is 7.64. The van der Waals surface area contributed by atoms with E-state index in [1.807, 2.05) is 28.4 Å². The summed E-state index contributed by atoms with van der Waals surface area (Å²) in [5, 5.41) is 8.45. The van der Waals surface area contributed by atoms with Crippen molar-refractivity contribution in [2.45, 2.75) is 13.6 Å². The molecular formula is C18H21N7O2S. The molecule has 0 N–H and O–H groups in total. The number of amides is 1. The molecule has 0 aromatic carbocycles. The van der Waals surface area contributed by atoms with Crippen LogP contribution in [0.4, 0.5) is 0 Å². The van der Waals surface area contributed by atoms with Crippen molar-refractivity contribution < 1.29 is 9.32 Å². The molecule has 4 rings (SSSR count). The molecule has 1 amide bonds. The van der Waals surface area contributed by atoms with Gasteiger partial charge in [-0.2, -0.15) is 5.10 Å². The average molecular weight is 399 g/mol. The van der Waals surface area contributed by atoms with Crippen molar-refractivity contribution in [1.82, 2.24) is 34.3 Å². The molecule has 0 saturated carbocycles. The smallest absolute Gasteiger partial charge is 0.292 e. The van der Waals surface area contributed by atoms with E-state index in [0.717, 1.165) is 24.5 Å². The third-order valence-corrected chi connectivity index (χ3v) is 5.28. The summed E-state index contributed by atoms with van der Waals surface area (Å²) in [6, 6.07) is 5.51. The fourth-order valence-electron chi connectivity index (χ4n) is 3.23. The van der Waals surface area contributed by atoms with Crippen LogP contribution in [0.15, 0.2) is 35.1 Å². The first kappa shape index (κ1) is 18.5. The number of nitrogens with zero attached hydrogens (tertiary/aromatic N) is 7. The van der Waals surface area contributed by atoms with Crippen LogP contribution in [0.25, 0.3) is 11.4 Å². The molecule has 3 aromatic heterocycles. The molecule has 1 aliphatic rings. The van der Waals surface area contributed by atoms with E-state index in [9.17, 15) is 4.79 Å². The lowest BCUT2D eigenvalue weighted by atomic mass is 10.3.